The quantitative estimate of drug-likeness (QED) is 0.770. The topological polar surface area (TPSA) is 41.6 Å². The molecule has 0 radical (unpaired) electrons. The molecule has 0 spiro atoms. The largest absolute Gasteiger partial charge is 0.371 e. The minimum atomic E-state index is -0.147. The van der Waals surface area contributed by atoms with Gasteiger partial charge in [0.05, 0.1) is 23.3 Å². The second-order valence-corrected chi connectivity index (χ2v) is 3.55. The number of benzene rings is 1. The van der Waals surface area contributed by atoms with E-state index in [9.17, 15) is 4.79 Å². The summed E-state index contributed by atoms with van der Waals surface area (Å²) in [4.78, 5) is 11.5. The lowest BCUT2D eigenvalue weighted by molar-refractivity contribution is 0.0950. The zero-order valence-electron chi connectivity index (χ0n) is 7.50. The molecule has 1 atom stereocenters. The second-order valence-electron chi connectivity index (χ2n) is 3.15. The van der Waals surface area contributed by atoms with Gasteiger partial charge in [-0.05, 0) is 12.1 Å². The van der Waals surface area contributed by atoms with Crippen molar-refractivity contribution in [2.24, 2.45) is 0 Å². The molecule has 1 fully saturated rings. The number of epoxide rings is 1. The van der Waals surface area contributed by atoms with Crippen LogP contribution in [0.2, 0.25) is 5.02 Å². The third-order valence-electron chi connectivity index (χ3n) is 2.01. The van der Waals surface area contributed by atoms with Crippen LogP contribution in [0.5, 0.6) is 0 Å². The van der Waals surface area contributed by atoms with Crippen LogP contribution in [-0.4, -0.2) is 25.2 Å². The highest BCUT2D eigenvalue weighted by molar-refractivity contribution is 6.33. The Hall–Kier alpha value is -1.06. The van der Waals surface area contributed by atoms with E-state index in [1.54, 1.807) is 24.3 Å². The highest BCUT2D eigenvalue weighted by atomic mass is 35.5. The predicted octanol–water partition coefficient (Wildman–Crippen LogP) is 1.47. The van der Waals surface area contributed by atoms with E-state index in [4.69, 9.17) is 16.3 Å². The molecule has 1 aromatic carbocycles. The van der Waals surface area contributed by atoms with Crippen molar-refractivity contribution in [1.29, 1.82) is 0 Å². The number of rotatable bonds is 3. The van der Waals surface area contributed by atoms with Gasteiger partial charge in [-0.15, -0.1) is 0 Å². The fourth-order valence-electron chi connectivity index (χ4n) is 1.13. The summed E-state index contributed by atoms with van der Waals surface area (Å²) in [7, 11) is 0. The van der Waals surface area contributed by atoms with Gasteiger partial charge >= 0.3 is 0 Å². The maximum Gasteiger partial charge on any atom is 0.252 e. The van der Waals surface area contributed by atoms with Gasteiger partial charge in [-0.3, -0.25) is 4.79 Å². The predicted molar refractivity (Wildman–Crippen MR) is 53.5 cm³/mol. The highest BCUT2D eigenvalue weighted by Crippen LogP contribution is 2.15. The Kier molecular flexibility index (Phi) is 2.70. The lowest BCUT2D eigenvalue weighted by Crippen LogP contribution is -2.27. The van der Waals surface area contributed by atoms with E-state index in [1.165, 1.54) is 0 Å². The standard InChI is InChI=1S/C10H10ClNO2/c11-9-4-2-1-3-8(9)10(13)12-5-7-6-14-7/h1-4,7H,5-6H2,(H,12,13)/t7-/m0/s1. The van der Waals surface area contributed by atoms with Gasteiger partial charge in [0, 0.05) is 6.54 Å². The molecule has 0 bridgehead atoms. The number of carbonyl (C=O) groups excluding carboxylic acids is 1. The van der Waals surface area contributed by atoms with E-state index in [0.29, 0.717) is 17.1 Å². The fourth-order valence-corrected chi connectivity index (χ4v) is 1.35. The van der Waals surface area contributed by atoms with E-state index in [1.807, 2.05) is 0 Å². The third kappa shape index (κ3) is 2.25. The summed E-state index contributed by atoms with van der Waals surface area (Å²) in [5, 5.41) is 3.23. The van der Waals surface area contributed by atoms with Crippen molar-refractivity contribution in [2.45, 2.75) is 6.10 Å². The molecular formula is C10H10ClNO2. The summed E-state index contributed by atoms with van der Waals surface area (Å²) in [5.74, 6) is -0.147. The van der Waals surface area contributed by atoms with E-state index >= 15 is 0 Å². The van der Waals surface area contributed by atoms with E-state index in [2.05, 4.69) is 5.32 Å². The van der Waals surface area contributed by atoms with Crippen molar-refractivity contribution in [2.75, 3.05) is 13.2 Å². The normalized spacial score (nSPS) is 19.1. The van der Waals surface area contributed by atoms with Gasteiger partial charge in [0.1, 0.15) is 0 Å². The van der Waals surface area contributed by atoms with Gasteiger partial charge in [-0.1, -0.05) is 23.7 Å². The number of amides is 1. The minimum absolute atomic E-state index is 0.147. The molecule has 0 unspecified atom stereocenters. The molecule has 1 N–H and O–H groups in total. The average Bonchev–Trinajstić information content (AvgIpc) is 2.98. The molecule has 2 rings (SSSR count). The first-order valence-corrected chi connectivity index (χ1v) is 4.79. The number of halogens is 1. The van der Waals surface area contributed by atoms with Gasteiger partial charge in [0.25, 0.3) is 5.91 Å². The van der Waals surface area contributed by atoms with Gasteiger partial charge in [0.15, 0.2) is 0 Å². The van der Waals surface area contributed by atoms with Gasteiger partial charge in [-0.25, -0.2) is 0 Å². The van der Waals surface area contributed by atoms with Crippen molar-refractivity contribution < 1.29 is 9.53 Å². The van der Waals surface area contributed by atoms with E-state index < -0.39 is 0 Å². The molecule has 74 valence electrons. The molecule has 1 aliphatic heterocycles. The van der Waals surface area contributed by atoms with E-state index in [-0.39, 0.29) is 12.0 Å². The van der Waals surface area contributed by atoms with Gasteiger partial charge in [-0.2, -0.15) is 0 Å². The van der Waals surface area contributed by atoms with Crippen LogP contribution in [-0.2, 0) is 4.74 Å². The van der Waals surface area contributed by atoms with Crippen LogP contribution >= 0.6 is 11.6 Å². The SMILES string of the molecule is O=C(NC[C@H]1CO1)c1ccccc1Cl. The molecule has 1 aromatic rings. The summed E-state index contributed by atoms with van der Waals surface area (Å²) >= 11 is 5.86. The Morgan fingerprint density at radius 3 is 2.93 bits per heavy atom. The van der Waals surface area contributed by atoms with Crippen molar-refractivity contribution in [3.05, 3.63) is 34.9 Å². The molecule has 4 heteroatoms. The van der Waals surface area contributed by atoms with E-state index in [0.717, 1.165) is 6.61 Å². The molecule has 1 saturated heterocycles. The number of hydrogen-bond acceptors (Lipinski definition) is 2. The van der Waals surface area contributed by atoms with Crippen LogP contribution in [0.15, 0.2) is 24.3 Å². The Morgan fingerprint density at radius 2 is 2.29 bits per heavy atom. The van der Waals surface area contributed by atoms with Gasteiger partial charge < -0.3 is 10.1 Å². The Bertz CT molecular complexity index is 350. The first-order chi connectivity index (χ1) is 6.77. The van der Waals surface area contributed by atoms with Crippen LogP contribution in [0.4, 0.5) is 0 Å². The molecular weight excluding hydrogens is 202 g/mol. The molecule has 1 amide bonds. The number of hydrogen-bond donors (Lipinski definition) is 1. The lowest BCUT2D eigenvalue weighted by Gasteiger charge is -2.04. The molecule has 1 heterocycles. The zero-order chi connectivity index (χ0) is 9.97. The van der Waals surface area contributed by atoms with Crippen LogP contribution in [0.1, 0.15) is 10.4 Å². The minimum Gasteiger partial charge on any atom is -0.371 e. The average molecular weight is 212 g/mol. The summed E-state index contributed by atoms with van der Waals surface area (Å²) < 4.78 is 4.98. The van der Waals surface area contributed by atoms with Gasteiger partial charge in [0.2, 0.25) is 0 Å². The Morgan fingerprint density at radius 1 is 1.57 bits per heavy atom. The first kappa shape index (κ1) is 9.49. The molecule has 14 heavy (non-hydrogen) atoms. The zero-order valence-corrected chi connectivity index (χ0v) is 8.25. The Balaban J connectivity index is 1.98. The van der Waals surface area contributed by atoms with Crippen LogP contribution in [0.3, 0.4) is 0 Å². The monoisotopic (exact) mass is 211 g/mol. The molecule has 0 aromatic heterocycles. The second kappa shape index (κ2) is 3.98. The maximum absolute atomic E-state index is 11.5. The number of carbonyl (C=O) groups is 1. The lowest BCUT2D eigenvalue weighted by atomic mass is 10.2. The number of ether oxygens (including phenoxy) is 1. The molecule has 0 saturated carbocycles. The molecule has 3 nitrogen and oxygen atoms in total. The Labute approximate surface area is 87.0 Å². The summed E-state index contributed by atoms with van der Waals surface area (Å²) in [6.07, 6.45) is 0.196. The third-order valence-corrected chi connectivity index (χ3v) is 2.34. The van der Waals surface area contributed by atoms with Crippen molar-refractivity contribution in [3.8, 4) is 0 Å². The van der Waals surface area contributed by atoms with Crippen LogP contribution in [0, 0.1) is 0 Å². The van der Waals surface area contributed by atoms with Crippen LogP contribution < -0.4 is 5.32 Å². The number of nitrogens with one attached hydrogen (secondary N) is 1. The van der Waals surface area contributed by atoms with Crippen molar-refractivity contribution in [1.82, 2.24) is 5.32 Å². The summed E-state index contributed by atoms with van der Waals surface area (Å²) in [6.45, 7) is 1.30. The summed E-state index contributed by atoms with van der Waals surface area (Å²) in [6, 6.07) is 6.98. The smallest absolute Gasteiger partial charge is 0.252 e. The highest BCUT2D eigenvalue weighted by Gasteiger charge is 2.23. The first-order valence-electron chi connectivity index (χ1n) is 4.41. The summed E-state index contributed by atoms with van der Waals surface area (Å²) in [5.41, 5.74) is 0.509. The maximum atomic E-state index is 11.5. The molecule has 1 aliphatic rings. The van der Waals surface area contributed by atoms with Crippen molar-refractivity contribution >= 4 is 17.5 Å². The van der Waals surface area contributed by atoms with Crippen LogP contribution in [0.25, 0.3) is 0 Å². The van der Waals surface area contributed by atoms with Crippen molar-refractivity contribution in [3.63, 3.8) is 0 Å². The fraction of sp³-hybridized carbons (Fsp3) is 0.300. The molecule has 0 aliphatic carbocycles.